The summed E-state index contributed by atoms with van der Waals surface area (Å²) >= 11 is 1.05. The van der Waals surface area contributed by atoms with Crippen LogP contribution in [0.4, 0.5) is 15.8 Å². The number of anilines is 2. The van der Waals surface area contributed by atoms with E-state index < -0.39 is 11.7 Å². The fourth-order valence-corrected chi connectivity index (χ4v) is 2.30. The topological polar surface area (TPSA) is 101 Å². The summed E-state index contributed by atoms with van der Waals surface area (Å²) < 4.78 is 13.5. The third kappa shape index (κ3) is 4.32. The van der Waals surface area contributed by atoms with Gasteiger partial charge in [-0.3, -0.25) is 9.59 Å². The Kier molecular flexibility index (Phi) is 4.59. The van der Waals surface area contributed by atoms with Crippen LogP contribution in [0.25, 0.3) is 0 Å². The van der Waals surface area contributed by atoms with E-state index in [1.807, 2.05) is 0 Å². The smallest absolute Gasteiger partial charge is 0.251 e. The van der Waals surface area contributed by atoms with Crippen LogP contribution in [0.15, 0.2) is 34.2 Å². The van der Waals surface area contributed by atoms with Crippen molar-refractivity contribution in [3.8, 4) is 0 Å². The van der Waals surface area contributed by atoms with Crippen molar-refractivity contribution < 1.29 is 9.18 Å². The predicted molar refractivity (Wildman–Crippen MR) is 79.8 cm³/mol. The Bertz CT molecular complexity index is 732. The lowest BCUT2D eigenvalue weighted by molar-refractivity contribution is -0.113. The van der Waals surface area contributed by atoms with Crippen molar-refractivity contribution >= 4 is 29.0 Å². The van der Waals surface area contributed by atoms with E-state index in [2.05, 4.69) is 15.3 Å². The molecule has 0 radical (unpaired) electrons. The number of rotatable bonds is 4. The van der Waals surface area contributed by atoms with Crippen LogP contribution in [-0.2, 0) is 4.79 Å². The molecule has 1 heterocycles. The van der Waals surface area contributed by atoms with Crippen molar-refractivity contribution in [1.82, 2.24) is 9.97 Å². The lowest BCUT2D eigenvalue weighted by atomic mass is 10.2. The molecule has 6 nitrogen and oxygen atoms in total. The van der Waals surface area contributed by atoms with Crippen molar-refractivity contribution in [2.45, 2.75) is 12.1 Å². The summed E-state index contributed by atoms with van der Waals surface area (Å²) in [4.78, 5) is 29.6. The second-order valence-corrected chi connectivity index (χ2v) is 5.23. The highest BCUT2D eigenvalue weighted by Gasteiger charge is 2.09. The molecule has 0 aliphatic rings. The van der Waals surface area contributed by atoms with E-state index in [1.54, 1.807) is 6.92 Å². The molecule has 110 valence electrons. The molecule has 2 aromatic rings. The molecule has 0 unspecified atom stereocenters. The number of carbonyl (C=O) groups excluding carboxylic acids is 1. The Labute approximate surface area is 124 Å². The van der Waals surface area contributed by atoms with Crippen molar-refractivity contribution in [2.75, 3.05) is 16.8 Å². The molecule has 8 heteroatoms. The van der Waals surface area contributed by atoms with Gasteiger partial charge in [0, 0.05) is 17.4 Å². The number of nitrogens with one attached hydrogen (secondary N) is 2. The number of halogens is 1. The van der Waals surface area contributed by atoms with E-state index in [0.29, 0.717) is 16.5 Å². The van der Waals surface area contributed by atoms with Gasteiger partial charge in [0.25, 0.3) is 5.56 Å². The fraction of sp³-hybridized carbons (Fsp3) is 0.154. The summed E-state index contributed by atoms with van der Waals surface area (Å²) in [5, 5.41) is 2.75. The zero-order valence-corrected chi connectivity index (χ0v) is 12.0. The molecular weight excluding hydrogens is 295 g/mol. The molecule has 0 bridgehead atoms. The number of aromatic nitrogens is 2. The monoisotopic (exact) mass is 308 g/mol. The minimum atomic E-state index is -0.565. The van der Waals surface area contributed by atoms with Crippen LogP contribution in [0.3, 0.4) is 0 Å². The van der Waals surface area contributed by atoms with Gasteiger partial charge in [-0.05, 0) is 25.1 Å². The quantitative estimate of drug-likeness (QED) is 0.452. The maximum Gasteiger partial charge on any atom is 0.251 e. The van der Waals surface area contributed by atoms with Gasteiger partial charge in [0.05, 0.1) is 11.4 Å². The molecule has 4 N–H and O–H groups in total. The highest BCUT2D eigenvalue weighted by Crippen LogP contribution is 2.18. The molecular formula is C13H13FN4O2S. The Morgan fingerprint density at radius 3 is 2.95 bits per heavy atom. The number of benzene rings is 1. The molecule has 0 aliphatic heterocycles. The molecule has 0 atom stereocenters. The third-order valence-corrected chi connectivity index (χ3v) is 3.33. The van der Waals surface area contributed by atoms with Crippen LogP contribution in [0.2, 0.25) is 0 Å². The lowest BCUT2D eigenvalue weighted by Crippen LogP contribution is -2.16. The third-order valence-electron chi connectivity index (χ3n) is 2.45. The predicted octanol–water partition coefficient (Wildman–Crippen LogP) is 1.53. The van der Waals surface area contributed by atoms with Crippen LogP contribution >= 0.6 is 11.8 Å². The van der Waals surface area contributed by atoms with Crippen molar-refractivity contribution in [3.63, 3.8) is 0 Å². The summed E-state index contributed by atoms with van der Waals surface area (Å²) in [6, 6.07) is 5.27. The number of aryl methyl sites for hydroxylation is 1. The van der Waals surface area contributed by atoms with Crippen LogP contribution in [0.1, 0.15) is 5.69 Å². The molecule has 0 saturated heterocycles. The molecule has 0 fully saturated rings. The molecule has 1 aromatic carbocycles. The van der Waals surface area contributed by atoms with Gasteiger partial charge in [0.1, 0.15) is 5.82 Å². The van der Waals surface area contributed by atoms with Crippen LogP contribution < -0.4 is 16.6 Å². The first kappa shape index (κ1) is 15.0. The molecule has 0 aliphatic carbocycles. The second-order valence-electron chi connectivity index (χ2n) is 4.27. The fourth-order valence-electron chi connectivity index (χ4n) is 1.58. The summed E-state index contributed by atoms with van der Waals surface area (Å²) in [6.07, 6.45) is 0. The number of amides is 1. The van der Waals surface area contributed by atoms with E-state index in [4.69, 9.17) is 5.73 Å². The highest BCUT2D eigenvalue weighted by molar-refractivity contribution is 7.99. The van der Waals surface area contributed by atoms with Gasteiger partial charge in [-0.25, -0.2) is 9.37 Å². The zero-order valence-electron chi connectivity index (χ0n) is 11.1. The van der Waals surface area contributed by atoms with Crippen molar-refractivity contribution in [3.05, 3.63) is 46.1 Å². The molecule has 0 saturated carbocycles. The van der Waals surface area contributed by atoms with Gasteiger partial charge in [0.15, 0.2) is 5.16 Å². The first-order valence-electron chi connectivity index (χ1n) is 5.99. The molecule has 2 rings (SSSR count). The molecule has 1 aromatic heterocycles. The van der Waals surface area contributed by atoms with Gasteiger partial charge < -0.3 is 16.0 Å². The Morgan fingerprint density at radius 1 is 1.48 bits per heavy atom. The maximum atomic E-state index is 13.5. The Morgan fingerprint density at radius 2 is 2.24 bits per heavy atom. The van der Waals surface area contributed by atoms with Crippen LogP contribution in [0, 0.1) is 12.7 Å². The van der Waals surface area contributed by atoms with E-state index >= 15 is 0 Å². The zero-order chi connectivity index (χ0) is 15.4. The van der Waals surface area contributed by atoms with Gasteiger partial charge in [-0.2, -0.15) is 0 Å². The number of nitrogens with zero attached hydrogens (tertiary/aromatic N) is 1. The van der Waals surface area contributed by atoms with Crippen molar-refractivity contribution in [2.24, 2.45) is 0 Å². The summed E-state index contributed by atoms with van der Waals surface area (Å²) in [5.41, 5.74) is 6.17. The Hall–Kier alpha value is -2.35. The average Bonchev–Trinajstić information content (AvgIpc) is 2.40. The van der Waals surface area contributed by atoms with Gasteiger partial charge in [-0.1, -0.05) is 11.8 Å². The SMILES string of the molecule is Cc1cc(=O)[nH]c(SCC(=O)Nc2cc(N)ccc2F)n1. The summed E-state index contributed by atoms with van der Waals surface area (Å²) in [7, 11) is 0. The number of H-pyrrole nitrogens is 1. The maximum absolute atomic E-state index is 13.5. The minimum absolute atomic E-state index is 0.0133. The van der Waals surface area contributed by atoms with Gasteiger partial charge in [-0.15, -0.1) is 0 Å². The number of thioether (sulfide) groups is 1. The normalized spacial score (nSPS) is 10.4. The van der Waals surface area contributed by atoms with Gasteiger partial charge >= 0.3 is 0 Å². The number of nitrogens with two attached hydrogens (primary N) is 1. The number of nitrogen functional groups attached to an aromatic ring is 1. The molecule has 0 spiro atoms. The lowest BCUT2D eigenvalue weighted by Gasteiger charge is -2.07. The minimum Gasteiger partial charge on any atom is -0.399 e. The number of aromatic amines is 1. The summed E-state index contributed by atoms with van der Waals surface area (Å²) in [6.45, 7) is 1.68. The second kappa shape index (κ2) is 6.40. The first-order valence-corrected chi connectivity index (χ1v) is 6.98. The van der Waals surface area contributed by atoms with Crippen LogP contribution in [-0.4, -0.2) is 21.6 Å². The molecule has 1 amide bonds. The van der Waals surface area contributed by atoms with Gasteiger partial charge in [0.2, 0.25) is 5.91 Å². The number of carbonyl (C=O) groups is 1. The van der Waals surface area contributed by atoms with Crippen molar-refractivity contribution in [1.29, 1.82) is 0 Å². The number of hydrogen-bond donors (Lipinski definition) is 3. The van der Waals surface area contributed by atoms with Crippen LogP contribution in [0.5, 0.6) is 0 Å². The Balaban J connectivity index is 1.99. The first-order chi connectivity index (χ1) is 9.94. The van der Waals surface area contributed by atoms with E-state index in [9.17, 15) is 14.0 Å². The van der Waals surface area contributed by atoms with E-state index in [0.717, 1.165) is 11.8 Å². The molecule has 21 heavy (non-hydrogen) atoms. The average molecular weight is 308 g/mol. The standard InChI is InChI=1S/C13H13FN4O2S/c1-7-4-11(19)18-13(16-7)21-6-12(20)17-10-5-8(15)2-3-9(10)14/h2-5H,6,15H2,1H3,(H,17,20)(H,16,18,19). The van der Waals surface area contributed by atoms with E-state index in [-0.39, 0.29) is 17.0 Å². The van der Waals surface area contributed by atoms with E-state index in [1.165, 1.54) is 24.3 Å². The number of hydrogen-bond acceptors (Lipinski definition) is 5. The highest BCUT2D eigenvalue weighted by atomic mass is 32.2. The largest absolute Gasteiger partial charge is 0.399 e. The summed E-state index contributed by atoms with van der Waals surface area (Å²) in [5.74, 6) is -1.00.